The molecule has 3 aliphatic heterocycles. The predicted octanol–water partition coefficient (Wildman–Crippen LogP) is 4.44. The number of para-hydroxylation sites is 1. The lowest BCUT2D eigenvalue weighted by Gasteiger charge is -2.25. The number of amides is 3. The number of hydrogen-bond acceptors (Lipinski definition) is 7. The molecule has 11 heteroatoms. The number of rotatable bonds is 12. The number of benzene rings is 2. The number of carbonyl (C=O) groups is 3. The van der Waals surface area contributed by atoms with Crippen molar-refractivity contribution in [3.05, 3.63) is 89.7 Å². The van der Waals surface area contributed by atoms with Gasteiger partial charge in [0, 0.05) is 79.1 Å². The number of allylic oxidation sites excluding steroid dienone is 4. The van der Waals surface area contributed by atoms with E-state index in [1.54, 1.807) is 6.07 Å². The van der Waals surface area contributed by atoms with E-state index in [0.29, 0.717) is 19.4 Å². The van der Waals surface area contributed by atoms with E-state index in [2.05, 4.69) is 52.9 Å². The maximum absolute atomic E-state index is 12.5. The molecule has 0 unspecified atom stereocenters. The van der Waals surface area contributed by atoms with Gasteiger partial charge < -0.3 is 14.8 Å². The highest BCUT2D eigenvalue weighted by molar-refractivity contribution is 7.85. The number of carbonyl (C=O) groups excluding carboxylic acids is 3. The van der Waals surface area contributed by atoms with Gasteiger partial charge in [0.2, 0.25) is 11.6 Å². The number of unbranched alkanes of at least 4 members (excludes halogenated alkanes) is 1. The molecule has 0 saturated carbocycles. The molecule has 0 bridgehead atoms. The fourth-order valence-corrected chi connectivity index (χ4v) is 7.36. The van der Waals surface area contributed by atoms with Crippen molar-refractivity contribution < 1.29 is 31.9 Å². The zero-order valence-corrected chi connectivity index (χ0v) is 28.4. The van der Waals surface area contributed by atoms with E-state index in [4.69, 9.17) is 0 Å². The van der Waals surface area contributed by atoms with Gasteiger partial charge in [-0.25, -0.2) is 8.42 Å². The lowest BCUT2D eigenvalue weighted by Crippen LogP contribution is -2.38. The predicted molar refractivity (Wildman–Crippen MR) is 180 cm³/mol. The fourth-order valence-electron chi connectivity index (χ4n) is 6.87. The van der Waals surface area contributed by atoms with Gasteiger partial charge in [-0.1, -0.05) is 38.1 Å². The summed E-state index contributed by atoms with van der Waals surface area (Å²) in [5.41, 5.74) is 5.41. The molecule has 248 valence electrons. The first-order valence-corrected chi connectivity index (χ1v) is 17.4. The third-order valence-electron chi connectivity index (χ3n) is 9.37. The van der Waals surface area contributed by atoms with Crippen molar-refractivity contribution in [1.82, 2.24) is 10.2 Å². The third kappa shape index (κ3) is 6.59. The first-order chi connectivity index (χ1) is 22.2. The normalized spacial score (nSPS) is 19.0. The molecular weight excluding hydrogens is 616 g/mol. The van der Waals surface area contributed by atoms with Gasteiger partial charge in [0.1, 0.15) is 16.7 Å². The van der Waals surface area contributed by atoms with Crippen molar-refractivity contribution in [3.63, 3.8) is 0 Å². The van der Waals surface area contributed by atoms with Crippen LogP contribution in [0.1, 0.15) is 65.0 Å². The third-order valence-corrected chi connectivity index (χ3v) is 10.2. The molecule has 0 fully saturated rings. The summed E-state index contributed by atoms with van der Waals surface area (Å²) in [6.07, 6.45) is 10.5. The lowest BCUT2D eigenvalue weighted by molar-refractivity contribution is -0.438. The van der Waals surface area contributed by atoms with Gasteiger partial charge in [0.05, 0.1) is 10.3 Å². The molecule has 2 aromatic rings. The maximum atomic E-state index is 12.5. The van der Waals surface area contributed by atoms with Crippen LogP contribution in [0.25, 0.3) is 0 Å². The molecule has 3 aliphatic rings. The Hall–Kier alpha value is -4.35. The number of likely N-dealkylation sites (N-methyl/N-ethyl adjacent to an activating group) is 1. The number of nitrogens with one attached hydrogen (secondary N) is 1. The van der Waals surface area contributed by atoms with Gasteiger partial charge >= 0.3 is 0 Å². The number of nitrogens with zero attached hydrogens (tertiary/aromatic N) is 3. The zero-order valence-electron chi connectivity index (χ0n) is 27.6. The fraction of sp³-hybridized carbons (Fsp3) is 0.389. The van der Waals surface area contributed by atoms with Crippen LogP contribution >= 0.6 is 0 Å². The van der Waals surface area contributed by atoms with Crippen molar-refractivity contribution >= 4 is 44.9 Å². The Balaban J connectivity index is 1.31. The second-order valence-corrected chi connectivity index (χ2v) is 14.4. The lowest BCUT2D eigenvalue weighted by atomic mass is 9.81. The standard InChI is InChI=1S/C36H42N4O6S/c1-6-38-29-18-17-25(47(44,45)46)24-27(29)36(4,5)30(38)14-11-15-31-35(2,3)26-12-7-8-13-28(26)39(31)22-10-9-16-32(41)37-21-23-40-33(42)19-20-34(40)43/h7-8,11-15,17-20,24H,6,9-10,16,21-23H2,1-5H3,(H-,37,41,44,45,46). The van der Waals surface area contributed by atoms with Crippen LogP contribution in [-0.2, 0) is 35.3 Å². The average molecular weight is 659 g/mol. The molecule has 0 atom stereocenters. The summed E-state index contributed by atoms with van der Waals surface area (Å²) >= 11 is 0. The Labute approximate surface area is 276 Å². The van der Waals surface area contributed by atoms with Gasteiger partial charge in [-0.3, -0.25) is 19.3 Å². The van der Waals surface area contributed by atoms with Crippen LogP contribution in [0, 0.1) is 0 Å². The van der Waals surface area contributed by atoms with Crippen molar-refractivity contribution in [3.8, 4) is 0 Å². The van der Waals surface area contributed by atoms with Gasteiger partial charge in [-0.05, 0) is 57.0 Å². The number of anilines is 1. The first-order valence-electron chi connectivity index (χ1n) is 16.0. The van der Waals surface area contributed by atoms with Crippen LogP contribution in [0.2, 0.25) is 0 Å². The molecule has 10 nitrogen and oxygen atoms in total. The second-order valence-electron chi connectivity index (χ2n) is 13.1. The van der Waals surface area contributed by atoms with Crippen molar-refractivity contribution in [2.75, 3.05) is 31.1 Å². The molecule has 3 amide bonds. The monoisotopic (exact) mass is 658 g/mol. The van der Waals surface area contributed by atoms with Crippen LogP contribution < -0.4 is 10.2 Å². The summed E-state index contributed by atoms with van der Waals surface area (Å²) in [4.78, 5) is 38.9. The average Bonchev–Trinajstić information content (AvgIpc) is 3.54. The van der Waals surface area contributed by atoms with Gasteiger partial charge in [0.25, 0.3) is 11.8 Å². The van der Waals surface area contributed by atoms with Crippen molar-refractivity contribution in [2.45, 2.75) is 69.6 Å². The minimum absolute atomic E-state index is 0.115. The van der Waals surface area contributed by atoms with E-state index in [1.165, 1.54) is 29.8 Å². The van der Waals surface area contributed by atoms with E-state index in [-0.39, 0.29) is 41.1 Å². The van der Waals surface area contributed by atoms with E-state index in [1.807, 2.05) is 39.0 Å². The molecule has 0 saturated heterocycles. The van der Waals surface area contributed by atoms with Gasteiger partial charge in [-0.2, -0.15) is 4.58 Å². The largest absolute Gasteiger partial charge is 0.744 e. The van der Waals surface area contributed by atoms with Gasteiger partial charge in [0.15, 0.2) is 5.71 Å². The topological polar surface area (TPSA) is 130 Å². The molecule has 3 heterocycles. The van der Waals surface area contributed by atoms with Crippen LogP contribution in [-0.4, -0.2) is 72.1 Å². The van der Waals surface area contributed by atoms with Crippen LogP contribution in [0.5, 0.6) is 0 Å². The summed E-state index contributed by atoms with van der Waals surface area (Å²) in [6.45, 7) is 12.3. The quantitative estimate of drug-likeness (QED) is 0.155. The Morgan fingerprint density at radius 3 is 2.34 bits per heavy atom. The number of fused-ring (bicyclic) bond motifs is 2. The highest BCUT2D eigenvalue weighted by atomic mass is 32.2. The Morgan fingerprint density at radius 1 is 0.957 bits per heavy atom. The Morgan fingerprint density at radius 2 is 1.66 bits per heavy atom. The van der Waals surface area contributed by atoms with Crippen LogP contribution in [0.3, 0.4) is 0 Å². The summed E-state index contributed by atoms with van der Waals surface area (Å²) in [7, 11) is -4.57. The van der Waals surface area contributed by atoms with E-state index < -0.39 is 15.5 Å². The molecule has 0 aromatic heterocycles. The molecule has 47 heavy (non-hydrogen) atoms. The molecule has 5 rings (SSSR count). The van der Waals surface area contributed by atoms with E-state index in [9.17, 15) is 27.4 Å². The minimum atomic E-state index is -4.57. The minimum Gasteiger partial charge on any atom is -0.744 e. The number of imide groups is 1. The summed E-state index contributed by atoms with van der Waals surface area (Å²) < 4.78 is 37.6. The Bertz CT molecular complexity index is 1830. The SMILES string of the molecule is CCN1/C(=C/C=C/C2=[N+](CCCCC(=O)NCCN3C(=O)C=CC3=O)c3ccccc3C2(C)C)C(C)(C)c2cc(S(=O)(=O)[O-])ccc21. The summed E-state index contributed by atoms with van der Waals surface area (Å²) in [5, 5.41) is 2.80. The molecule has 2 aromatic carbocycles. The van der Waals surface area contributed by atoms with Crippen molar-refractivity contribution in [2.24, 2.45) is 0 Å². The second kappa shape index (κ2) is 13.0. The van der Waals surface area contributed by atoms with E-state index >= 15 is 0 Å². The number of hydrogen-bond donors (Lipinski definition) is 1. The molecular formula is C36H42N4O6S. The summed E-state index contributed by atoms with van der Waals surface area (Å²) in [6, 6.07) is 13.0. The smallest absolute Gasteiger partial charge is 0.253 e. The zero-order chi connectivity index (χ0) is 34.1. The molecule has 0 radical (unpaired) electrons. The highest BCUT2D eigenvalue weighted by Gasteiger charge is 2.44. The maximum Gasteiger partial charge on any atom is 0.253 e. The molecule has 0 aliphatic carbocycles. The van der Waals surface area contributed by atoms with Gasteiger partial charge in [-0.15, -0.1) is 0 Å². The van der Waals surface area contributed by atoms with E-state index in [0.717, 1.165) is 46.2 Å². The Kier molecular flexibility index (Phi) is 9.43. The first kappa shape index (κ1) is 34.0. The van der Waals surface area contributed by atoms with Crippen LogP contribution in [0.15, 0.2) is 83.4 Å². The summed E-state index contributed by atoms with van der Waals surface area (Å²) in [5.74, 6) is -0.833. The van der Waals surface area contributed by atoms with Crippen LogP contribution in [0.4, 0.5) is 11.4 Å². The molecule has 0 spiro atoms. The highest BCUT2D eigenvalue weighted by Crippen LogP contribution is 2.48. The van der Waals surface area contributed by atoms with Crippen molar-refractivity contribution in [1.29, 1.82) is 0 Å². The molecule has 1 N–H and O–H groups in total.